The first-order chi connectivity index (χ1) is 7.59. The molecule has 1 saturated heterocycles. The number of carbonyl (C=O) groups is 3. The fraction of sp³-hybridized carbons (Fsp3) is 0.375. The SMILES string of the molecule is CC1C(=O)NC(=O)N(Cc2ncon2)C1=O. The number of nitrogens with one attached hydrogen (secondary N) is 1. The summed E-state index contributed by atoms with van der Waals surface area (Å²) in [5, 5.41) is 5.54. The highest BCUT2D eigenvalue weighted by atomic mass is 16.5. The van der Waals surface area contributed by atoms with Gasteiger partial charge in [-0.05, 0) is 6.92 Å². The molecule has 1 aliphatic heterocycles. The Balaban J connectivity index is 2.17. The van der Waals surface area contributed by atoms with Crippen LogP contribution >= 0.6 is 0 Å². The highest BCUT2D eigenvalue weighted by molar-refractivity contribution is 6.15. The Morgan fingerprint density at radius 2 is 2.25 bits per heavy atom. The maximum Gasteiger partial charge on any atom is 0.331 e. The summed E-state index contributed by atoms with van der Waals surface area (Å²) in [4.78, 5) is 38.7. The molecule has 1 N–H and O–H groups in total. The number of aromatic nitrogens is 2. The van der Waals surface area contributed by atoms with Gasteiger partial charge >= 0.3 is 6.03 Å². The van der Waals surface area contributed by atoms with Gasteiger partial charge in [0.25, 0.3) is 0 Å². The molecule has 8 nitrogen and oxygen atoms in total. The first-order valence-corrected chi connectivity index (χ1v) is 4.51. The quantitative estimate of drug-likeness (QED) is 0.665. The van der Waals surface area contributed by atoms with Crippen LogP contribution in [0.4, 0.5) is 4.79 Å². The Morgan fingerprint density at radius 1 is 1.50 bits per heavy atom. The first kappa shape index (κ1) is 10.3. The van der Waals surface area contributed by atoms with Crippen molar-refractivity contribution < 1.29 is 18.9 Å². The summed E-state index contributed by atoms with van der Waals surface area (Å²) in [7, 11) is 0. The number of imide groups is 2. The second-order valence-electron chi connectivity index (χ2n) is 3.29. The number of carbonyl (C=O) groups excluding carboxylic acids is 3. The highest BCUT2D eigenvalue weighted by Gasteiger charge is 2.37. The van der Waals surface area contributed by atoms with Crippen molar-refractivity contribution in [1.82, 2.24) is 20.4 Å². The van der Waals surface area contributed by atoms with E-state index in [1.165, 1.54) is 6.92 Å². The van der Waals surface area contributed by atoms with Crippen molar-refractivity contribution >= 4 is 17.8 Å². The molecule has 8 heteroatoms. The molecule has 0 aromatic carbocycles. The number of barbiturate groups is 1. The molecule has 16 heavy (non-hydrogen) atoms. The van der Waals surface area contributed by atoms with Gasteiger partial charge in [0.15, 0.2) is 5.82 Å². The molecular weight excluding hydrogens is 216 g/mol. The van der Waals surface area contributed by atoms with Crippen LogP contribution in [-0.4, -0.2) is 32.9 Å². The van der Waals surface area contributed by atoms with Gasteiger partial charge in [0, 0.05) is 0 Å². The van der Waals surface area contributed by atoms with E-state index in [1.54, 1.807) is 0 Å². The van der Waals surface area contributed by atoms with E-state index in [1.807, 2.05) is 0 Å². The minimum Gasteiger partial charge on any atom is -0.343 e. The lowest BCUT2D eigenvalue weighted by molar-refractivity contribution is -0.142. The Bertz CT molecular complexity index is 441. The lowest BCUT2D eigenvalue weighted by Gasteiger charge is -2.27. The maximum absolute atomic E-state index is 11.6. The predicted octanol–water partition coefficient (Wildman–Crippen LogP) is -0.716. The third kappa shape index (κ3) is 1.64. The van der Waals surface area contributed by atoms with Gasteiger partial charge in [0.05, 0.1) is 6.54 Å². The summed E-state index contributed by atoms with van der Waals surface area (Å²) in [5.74, 6) is -1.85. The molecule has 0 saturated carbocycles. The fourth-order valence-corrected chi connectivity index (χ4v) is 1.28. The molecular formula is C8H8N4O4. The molecule has 0 spiro atoms. The van der Waals surface area contributed by atoms with Gasteiger partial charge < -0.3 is 4.52 Å². The number of nitrogens with zero attached hydrogens (tertiary/aromatic N) is 3. The molecule has 0 radical (unpaired) electrons. The molecule has 1 atom stereocenters. The van der Waals surface area contributed by atoms with Gasteiger partial charge in [0.1, 0.15) is 5.92 Å². The minimum absolute atomic E-state index is 0.112. The molecule has 2 heterocycles. The monoisotopic (exact) mass is 224 g/mol. The topological polar surface area (TPSA) is 105 Å². The van der Waals surface area contributed by atoms with Crippen LogP contribution in [0.25, 0.3) is 0 Å². The van der Waals surface area contributed by atoms with Crippen LogP contribution in [0.3, 0.4) is 0 Å². The summed E-state index contributed by atoms with van der Waals surface area (Å²) >= 11 is 0. The number of rotatable bonds is 2. The number of urea groups is 1. The van der Waals surface area contributed by atoms with Gasteiger partial charge in [-0.1, -0.05) is 5.16 Å². The fourth-order valence-electron chi connectivity index (χ4n) is 1.28. The van der Waals surface area contributed by atoms with Crippen LogP contribution < -0.4 is 5.32 Å². The second-order valence-corrected chi connectivity index (χ2v) is 3.29. The van der Waals surface area contributed by atoms with Crippen molar-refractivity contribution in [1.29, 1.82) is 0 Å². The third-order valence-electron chi connectivity index (χ3n) is 2.21. The molecule has 0 bridgehead atoms. The Hall–Kier alpha value is -2.25. The Morgan fingerprint density at radius 3 is 2.88 bits per heavy atom. The van der Waals surface area contributed by atoms with E-state index in [4.69, 9.17) is 0 Å². The van der Waals surface area contributed by atoms with E-state index >= 15 is 0 Å². The molecule has 0 aliphatic carbocycles. The van der Waals surface area contributed by atoms with E-state index in [2.05, 4.69) is 20.0 Å². The molecule has 1 aromatic rings. The van der Waals surface area contributed by atoms with Crippen LogP contribution in [-0.2, 0) is 16.1 Å². The lowest BCUT2D eigenvalue weighted by Crippen LogP contribution is -2.56. The van der Waals surface area contributed by atoms with Crippen molar-refractivity contribution in [3.63, 3.8) is 0 Å². The van der Waals surface area contributed by atoms with Crippen molar-refractivity contribution in [3.05, 3.63) is 12.2 Å². The second kappa shape index (κ2) is 3.72. The van der Waals surface area contributed by atoms with Crippen LogP contribution in [0.2, 0.25) is 0 Å². The summed E-state index contributed by atoms with van der Waals surface area (Å²) < 4.78 is 4.48. The maximum atomic E-state index is 11.6. The van der Waals surface area contributed by atoms with E-state index in [0.29, 0.717) is 0 Å². The summed E-state index contributed by atoms with van der Waals surface area (Å²) in [5.41, 5.74) is 0. The van der Waals surface area contributed by atoms with Crippen molar-refractivity contribution in [2.45, 2.75) is 13.5 Å². The number of hydrogen-bond donors (Lipinski definition) is 1. The van der Waals surface area contributed by atoms with Gasteiger partial charge in [-0.3, -0.25) is 19.8 Å². The molecule has 84 valence electrons. The molecule has 1 unspecified atom stereocenters. The Labute approximate surface area is 89.6 Å². The first-order valence-electron chi connectivity index (χ1n) is 4.51. The molecule has 2 rings (SSSR count). The van der Waals surface area contributed by atoms with E-state index in [0.717, 1.165) is 11.3 Å². The third-order valence-corrected chi connectivity index (χ3v) is 2.21. The van der Waals surface area contributed by atoms with Crippen LogP contribution in [0.1, 0.15) is 12.7 Å². The summed E-state index contributed by atoms with van der Waals surface area (Å²) in [6.07, 6.45) is 1.09. The Kier molecular flexibility index (Phi) is 2.39. The standard InChI is InChI=1S/C8H8N4O4/c1-4-6(13)10-8(15)12(7(4)14)2-5-9-3-16-11-5/h3-4H,2H2,1H3,(H,10,13,15). The van der Waals surface area contributed by atoms with Gasteiger partial charge in [-0.15, -0.1) is 0 Å². The zero-order valence-electron chi connectivity index (χ0n) is 8.34. The van der Waals surface area contributed by atoms with Crippen LogP contribution in [0.5, 0.6) is 0 Å². The predicted molar refractivity (Wildman–Crippen MR) is 47.6 cm³/mol. The van der Waals surface area contributed by atoms with Crippen LogP contribution in [0.15, 0.2) is 10.9 Å². The van der Waals surface area contributed by atoms with Gasteiger partial charge in [-0.2, -0.15) is 4.98 Å². The number of amides is 4. The largest absolute Gasteiger partial charge is 0.343 e. The number of hydrogen-bond acceptors (Lipinski definition) is 6. The van der Waals surface area contributed by atoms with E-state index in [9.17, 15) is 14.4 Å². The summed E-state index contributed by atoms with van der Waals surface area (Å²) in [6, 6.07) is -0.766. The van der Waals surface area contributed by atoms with Crippen molar-refractivity contribution in [2.75, 3.05) is 0 Å². The molecule has 1 aliphatic rings. The normalized spacial score (nSPS) is 21.2. The zero-order chi connectivity index (χ0) is 11.7. The van der Waals surface area contributed by atoms with Gasteiger partial charge in [0.2, 0.25) is 18.2 Å². The van der Waals surface area contributed by atoms with E-state index < -0.39 is 23.8 Å². The zero-order valence-corrected chi connectivity index (χ0v) is 8.34. The van der Waals surface area contributed by atoms with Crippen molar-refractivity contribution in [2.24, 2.45) is 5.92 Å². The highest BCUT2D eigenvalue weighted by Crippen LogP contribution is 2.11. The average molecular weight is 224 g/mol. The molecule has 1 fully saturated rings. The average Bonchev–Trinajstić information content (AvgIpc) is 2.74. The van der Waals surface area contributed by atoms with Crippen LogP contribution in [0, 0.1) is 5.92 Å². The minimum atomic E-state index is -0.885. The molecule has 4 amide bonds. The summed E-state index contributed by atoms with van der Waals surface area (Å²) in [6.45, 7) is 1.31. The van der Waals surface area contributed by atoms with E-state index in [-0.39, 0.29) is 12.4 Å². The van der Waals surface area contributed by atoms with Crippen molar-refractivity contribution in [3.8, 4) is 0 Å². The molecule has 1 aromatic heterocycles. The smallest absolute Gasteiger partial charge is 0.331 e. The van der Waals surface area contributed by atoms with Gasteiger partial charge in [-0.25, -0.2) is 4.79 Å². The lowest BCUT2D eigenvalue weighted by atomic mass is 10.1.